The molecular weight excluding hydrogens is 220 g/mol. The van der Waals surface area contributed by atoms with Gasteiger partial charge in [-0.25, -0.2) is 0 Å². The van der Waals surface area contributed by atoms with Crippen molar-refractivity contribution < 1.29 is 14.3 Å². The zero-order chi connectivity index (χ0) is 13.3. The number of esters is 1. The first-order valence-corrected chi connectivity index (χ1v) is 6.13. The highest BCUT2D eigenvalue weighted by atomic mass is 16.5. The van der Waals surface area contributed by atoms with Crippen LogP contribution in [0.5, 0.6) is 0 Å². The summed E-state index contributed by atoms with van der Waals surface area (Å²) in [4.78, 5) is 13.9. The van der Waals surface area contributed by atoms with Crippen molar-refractivity contribution in [3.8, 4) is 0 Å². The molecule has 0 fully saturated rings. The van der Waals surface area contributed by atoms with E-state index in [4.69, 9.17) is 9.47 Å². The third-order valence-corrected chi connectivity index (χ3v) is 2.65. The van der Waals surface area contributed by atoms with Crippen molar-refractivity contribution in [2.75, 3.05) is 40.5 Å². The maximum Gasteiger partial charge on any atom is 0.324 e. The molecule has 1 unspecified atom stereocenters. The molecular formula is C12H26N2O3. The number of rotatable bonds is 9. The lowest BCUT2D eigenvalue weighted by atomic mass is 10.2. The van der Waals surface area contributed by atoms with Crippen LogP contribution in [0.2, 0.25) is 0 Å². The Labute approximate surface area is 104 Å². The summed E-state index contributed by atoms with van der Waals surface area (Å²) in [7, 11) is 3.45. The second kappa shape index (κ2) is 9.39. The van der Waals surface area contributed by atoms with Gasteiger partial charge in [0.15, 0.2) is 0 Å². The van der Waals surface area contributed by atoms with Gasteiger partial charge in [0.05, 0.1) is 13.2 Å². The van der Waals surface area contributed by atoms with Gasteiger partial charge in [0.2, 0.25) is 0 Å². The van der Waals surface area contributed by atoms with Gasteiger partial charge in [-0.15, -0.1) is 0 Å². The number of methoxy groups -OCH3 is 1. The van der Waals surface area contributed by atoms with E-state index < -0.39 is 0 Å². The van der Waals surface area contributed by atoms with E-state index in [1.165, 1.54) is 0 Å². The number of nitrogens with zero attached hydrogens (tertiary/aromatic N) is 1. The molecule has 102 valence electrons. The topological polar surface area (TPSA) is 50.8 Å². The van der Waals surface area contributed by atoms with E-state index in [0.717, 1.165) is 6.54 Å². The van der Waals surface area contributed by atoms with Crippen LogP contribution < -0.4 is 5.32 Å². The second-order valence-corrected chi connectivity index (χ2v) is 4.17. The fourth-order valence-electron chi connectivity index (χ4n) is 1.53. The lowest BCUT2D eigenvalue weighted by Gasteiger charge is -2.29. The first kappa shape index (κ1) is 16.4. The average Bonchev–Trinajstić information content (AvgIpc) is 2.29. The molecule has 0 spiro atoms. The summed E-state index contributed by atoms with van der Waals surface area (Å²) in [5.41, 5.74) is 0. The smallest absolute Gasteiger partial charge is 0.324 e. The zero-order valence-electron chi connectivity index (χ0n) is 11.7. The van der Waals surface area contributed by atoms with Gasteiger partial charge in [0, 0.05) is 26.2 Å². The van der Waals surface area contributed by atoms with E-state index >= 15 is 0 Å². The Kier molecular flexibility index (Phi) is 9.03. The minimum Gasteiger partial charge on any atom is -0.465 e. The van der Waals surface area contributed by atoms with Gasteiger partial charge >= 0.3 is 5.97 Å². The summed E-state index contributed by atoms with van der Waals surface area (Å²) in [6.45, 7) is 8.55. The molecule has 0 rings (SSSR count). The highest BCUT2D eigenvalue weighted by molar-refractivity contribution is 5.76. The molecule has 0 aliphatic heterocycles. The van der Waals surface area contributed by atoms with Crippen molar-refractivity contribution in [3.63, 3.8) is 0 Å². The lowest BCUT2D eigenvalue weighted by molar-refractivity contribution is -0.146. The highest BCUT2D eigenvalue weighted by Crippen LogP contribution is 2.01. The quantitative estimate of drug-likeness (QED) is 0.600. The van der Waals surface area contributed by atoms with Crippen LogP contribution in [0.1, 0.15) is 20.8 Å². The Balaban J connectivity index is 4.32. The molecule has 0 aromatic carbocycles. The van der Waals surface area contributed by atoms with Crippen LogP contribution in [-0.2, 0) is 14.3 Å². The standard InChI is InChI=1S/C12H26N2O3/c1-6-17-12(15)11(13-4)9-14(10(2)3)7-8-16-5/h10-11,13H,6-9H2,1-5H3. The van der Waals surface area contributed by atoms with Crippen LogP contribution in [-0.4, -0.2) is 63.4 Å². The van der Waals surface area contributed by atoms with Gasteiger partial charge in [-0.1, -0.05) is 0 Å². The zero-order valence-corrected chi connectivity index (χ0v) is 11.7. The van der Waals surface area contributed by atoms with E-state index in [-0.39, 0.29) is 12.0 Å². The Hall–Kier alpha value is -0.650. The molecule has 0 bridgehead atoms. The van der Waals surface area contributed by atoms with Crippen LogP contribution in [0.3, 0.4) is 0 Å². The maximum absolute atomic E-state index is 11.7. The van der Waals surface area contributed by atoms with Crippen LogP contribution >= 0.6 is 0 Å². The van der Waals surface area contributed by atoms with Gasteiger partial charge < -0.3 is 14.8 Å². The van der Waals surface area contributed by atoms with Crippen LogP contribution in [0.4, 0.5) is 0 Å². The summed E-state index contributed by atoms with van der Waals surface area (Å²) >= 11 is 0. The Morgan fingerprint density at radius 3 is 2.47 bits per heavy atom. The normalized spacial score (nSPS) is 13.1. The molecule has 1 atom stereocenters. The second-order valence-electron chi connectivity index (χ2n) is 4.17. The van der Waals surface area contributed by atoms with E-state index in [9.17, 15) is 4.79 Å². The number of likely N-dealkylation sites (N-methyl/N-ethyl adjacent to an activating group) is 1. The third-order valence-electron chi connectivity index (χ3n) is 2.65. The molecule has 0 aliphatic rings. The third kappa shape index (κ3) is 6.61. The molecule has 0 amide bonds. The number of hydrogen-bond donors (Lipinski definition) is 1. The molecule has 0 saturated heterocycles. The maximum atomic E-state index is 11.7. The molecule has 0 heterocycles. The highest BCUT2D eigenvalue weighted by Gasteiger charge is 2.22. The lowest BCUT2D eigenvalue weighted by Crippen LogP contribution is -2.48. The first-order chi connectivity index (χ1) is 8.06. The molecule has 0 saturated carbocycles. The summed E-state index contributed by atoms with van der Waals surface area (Å²) in [5, 5.41) is 2.99. The summed E-state index contributed by atoms with van der Waals surface area (Å²) in [5.74, 6) is -0.196. The molecule has 1 N–H and O–H groups in total. The van der Waals surface area contributed by atoms with Crippen molar-refractivity contribution in [2.45, 2.75) is 32.9 Å². The monoisotopic (exact) mass is 246 g/mol. The van der Waals surface area contributed by atoms with Crippen molar-refractivity contribution in [2.24, 2.45) is 0 Å². The van der Waals surface area contributed by atoms with Crippen molar-refractivity contribution >= 4 is 5.97 Å². The Morgan fingerprint density at radius 2 is 2.06 bits per heavy atom. The largest absolute Gasteiger partial charge is 0.465 e. The summed E-state index contributed by atoms with van der Waals surface area (Å²) in [6, 6.07) is 0.0876. The predicted molar refractivity (Wildman–Crippen MR) is 68.1 cm³/mol. The van der Waals surface area contributed by atoms with E-state index in [1.54, 1.807) is 14.2 Å². The molecule has 0 aromatic heterocycles. The number of carbonyl (C=O) groups excluding carboxylic acids is 1. The SMILES string of the molecule is CCOC(=O)C(CN(CCOC)C(C)C)NC. The van der Waals surface area contributed by atoms with Gasteiger partial charge in [-0.3, -0.25) is 9.69 Å². The van der Waals surface area contributed by atoms with Gasteiger partial charge in [-0.05, 0) is 27.8 Å². The van der Waals surface area contributed by atoms with E-state index in [1.807, 2.05) is 6.92 Å². The van der Waals surface area contributed by atoms with Gasteiger partial charge in [0.25, 0.3) is 0 Å². The number of carbonyl (C=O) groups is 1. The number of nitrogens with one attached hydrogen (secondary N) is 1. The van der Waals surface area contributed by atoms with Crippen LogP contribution in [0.15, 0.2) is 0 Å². The minimum atomic E-state index is -0.283. The van der Waals surface area contributed by atoms with E-state index in [2.05, 4.69) is 24.1 Å². The minimum absolute atomic E-state index is 0.196. The molecule has 0 aliphatic carbocycles. The molecule has 5 heteroatoms. The molecule has 0 radical (unpaired) electrons. The van der Waals surface area contributed by atoms with Crippen molar-refractivity contribution in [1.29, 1.82) is 0 Å². The van der Waals surface area contributed by atoms with Gasteiger partial charge in [0.1, 0.15) is 6.04 Å². The Bertz CT molecular complexity index is 210. The fraction of sp³-hybridized carbons (Fsp3) is 0.917. The van der Waals surface area contributed by atoms with Crippen molar-refractivity contribution in [3.05, 3.63) is 0 Å². The summed E-state index contributed by atoms with van der Waals surface area (Å²) < 4.78 is 10.1. The number of ether oxygens (including phenoxy) is 2. The van der Waals surface area contributed by atoms with Crippen LogP contribution in [0.25, 0.3) is 0 Å². The Morgan fingerprint density at radius 1 is 1.41 bits per heavy atom. The summed E-state index contributed by atoms with van der Waals surface area (Å²) in [6.07, 6.45) is 0. The number of hydrogen-bond acceptors (Lipinski definition) is 5. The fourth-order valence-corrected chi connectivity index (χ4v) is 1.53. The van der Waals surface area contributed by atoms with E-state index in [0.29, 0.717) is 25.8 Å². The first-order valence-electron chi connectivity index (χ1n) is 6.13. The molecule has 17 heavy (non-hydrogen) atoms. The molecule has 5 nitrogen and oxygen atoms in total. The van der Waals surface area contributed by atoms with Gasteiger partial charge in [-0.2, -0.15) is 0 Å². The molecule has 0 aromatic rings. The predicted octanol–water partition coefficient (Wildman–Crippen LogP) is 0.494. The van der Waals surface area contributed by atoms with Crippen molar-refractivity contribution in [1.82, 2.24) is 10.2 Å². The van der Waals surface area contributed by atoms with Crippen LogP contribution in [0, 0.1) is 0 Å². The average molecular weight is 246 g/mol.